The number of rotatable bonds is 5. The molecular weight excluding hydrogens is 283 g/mol. The van der Waals surface area contributed by atoms with E-state index in [9.17, 15) is 13.2 Å². The van der Waals surface area contributed by atoms with Crippen LogP contribution in [0.4, 0.5) is 13.2 Å². The fourth-order valence-corrected chi connectivity index (χ4v) is 2.82. The standard InChI is InChI=1S/C15H16F3NS/c1-2-9-19-10-13-7-8-14(20-13)11-3-5-12(6-4-11)15(16,17)18/h3-8,19H,2,9-10H2,1H3. The maximum absolute atomic E-state index is 12.5. The Hall–Kier alpha value is -1.33. The van der Waals surface area contributed by atoms with E-state index in [1.165, 1.54) is 17.0 Å². The second-order valence-corrected chi connectivity index (χ2v) is 5.69. The van der Waals surface area contributed by atoms with Crippen molar-refractivity contribution in [1.29, 1.82) is 0 Å². The quantitative estimate of drug-likeness (QED) is 0.772. The molecule has 0 aliphatic rings. The molecule has 20 heavy (non-hydrogen) atoms. The Kier molecular flexibility index (Phi) is 4.83. The van der Waals surface area contributed by atoms with Crippen LogP contribution in [-0.4, -0.2) is 6.54 Å². The molecule has 0 spiro atoms. The van der Waals surface area contributed by atoms with Gasteiger partial charge in [0.1, 0.15) is 0 Å². The topological polar surface area (TPSA) is 12.0 Å². The summed E-state index contributed by atoms with van der Waals surface area (Å²) in [5, 5.41) is 3.31. The van der Waals surface area contributed by atoms with Crippen molar-refractivity contribution in [2.75, 3.05) is 6.54 Å². The van der Waals surface area contributed by atoms with Gasteiger partial charge in [0.2, 0.25) is 0 Å². The third-order valence-electron chi connectivity index (χ3n) is 2.88. The Morgan fingerprint density at radius 1 is 1.05 bits per heavy atom. The predicted molar refractivity (Wildman–Crippen MR) is 76.8 cm³/mol. The first-order valence-corrected chi connectivity index (χ1v) is 7.29. The van der Waals surface area contributed by atoms with Crippen molar-refractivity contribution in [3.05, 3.63) is 46.8 Å². The van der Waals surface area contributed by atoms with E-state index in [0.29, 0.717) is 0 Å². The Morgan fingerprint density at radius 2 is 1.75 bits per heavy atom. The van der Waals surface area contributed by atoms with Gasteiger partial charge in [0.25, 0.3) is 0 Å². The van der Waals surface area contributed by atoms with Crippen molar-refractivity contribution in [3.63, 3.8) is 0 Å². The van der Waals surface area contributed by atoms with Gasteiger partial charge >= 0.3 is 6.18 Å². The molecule has 1 heterocycles. The van der Waals surface area contributed by atoms with E-state index in [1.807, 2.05) is 12.1 Å². The van der Waals surface area contributed by atoms with Gasteiger partial charge in [-0.25, -0.2) is 0 Å². The van der Waals surface area contributed by atoms with E-state index < -0.39 is 11.7 Å². The molecule has 0 amide bonds. The number of hydrogen-bond donors (Lipinski definition) is 1. The van der Waals surface area contributed by atoms with Crippen LogP contribution in [0, 0.1) is 0 Å². The van der Waals surface area contributed by atoms with Crippen LogP contribution in [0.1, 0.15) is 23.8 Å². The molecule has 2 rings (SSSR count). The summed E-state index contributed by atoms with van der Waals surface area (Å²) in [5.41, 5.74) is 0.215. The fourth-order valence-electron chi connectivity index (χ4n) is 1.84. The van der Waals surface area contributed by atoms with Crippen molar-refractivity contribution in [3.8, 4) is 10.4 Å². The summed E-state index contributed by atoms with van der Waals surface area (Å²) in [6, 6.07) is 9.28. The number of alkyl halides is 3. The lowest BCUT2D eigenvalue weighted by atomic mass is 10.1. The van der Waals surface area contributed by atoms with Gasteiger partial charge in [-0.1, -0.05) is 19.1 Å². The van der Waals surface area contributed by atoms with E-state index >= 15 is 0 Å². The Bertz CT molecular complexity index is 543. The number of hydrogen-bond acceptors (Lipinski definition) is 2. The van der Waals surface area contributed by atoms with Gasteiger partial charge < -0.3 is 5.32 Å². The Balaban J connectivity index is 2.08. The fraction of sp³-hybridized carbons (Fsp3) is 0.333. The zero-order valence-electron chi connectivity index (χ0n) is 11.1. The summed E-state index contributed by atoms with van der Waals surface area (Å²) in [6.45, 7) is 3.88. The highest BCUT2D eigenvalue weighted by molar-refractivity contribution is 7.15. The van der Waals surface area contributed by atoms with Gasteiger partial charge in [0.05, 0.1) is 5.56 Å². The highest BCUT2D eigenvalue weighted by atomic mass is 32.1. The summed E-state index contributed by atoms with van der Waals surface area (Å²) >= 11 is 1.61. The Morgan fingerprint density at radius 3 is 2.35 bits per heavy atom. The lowest BCUT2D eigenvalue weighted by molar-refractivity contribution is -0.137. The first kappa shape index (κ1) is 15.1. The summed E-state index contributed by atoms with van der Waals surface area (Å²) in [5.74, 6) is 0. The number of halogens is 3. The largest absolute Gasteiger partial charge is 0.416 e. The number of thiophene rings is 1. The van der Waals surface area contributed by atoms with Crippen LogP contribution in [0.2, 0.25) is 0 Å². The van der Waals surface area contributed by atoms with Crippen LogP contribution in [0.25, 0.3) is 10.4 Å². The SMILES string of the molecule is CCCNCc1ccc(-c2ccc(C(F)(F)F)cc2)s1. The zero-order chi connectivity index (χ0) is 14.6. The molecule has 0 atom stereocenters. The van der Waals surface area contributed by atoms with Crippen molar-refractivity contribution >= 4 is 11.3 Å². The monoisotopic (exact) mass is 299 g/mol. The van der Waals surface area contributed by atoms with E-state index in [1.54, 1.807) is 11.3 Å². The molecule has 0 unspecified atom stereocenters. The third kappa shape index (κ3) is 3.84. The molecule has 0 aliphatic carbocycles. The molecule has 0 saturated carbocycles. The molecule has 0 saturated heterocycles. The third-order valence-corrected chi connectivity index (χ3v) is 4.02. The number of benzene rings is 1. The van der Waals surface area contributed by atoms with Crippen LogP contribution in [0.3, 0.4) is 0 Å². The molecule has 0 aliphatic heterocycles. The molecular formula is C15H16F3NS. The van der Waals surface area contributed by atoms with Crippen molar-refractivity contribution < 1.29 is 13.2 Å². The summed E-state index contributed by atoms with van der Waals surface area (Å²) < 4.78 is 37.5. The van der Waals surface area contributed by atoms with E-state index in [0.717, 1.165) is 42.1 Å². The van der Waals surface area contributed by atoms with Crippen molar-refractivity contribution in [2.24, 2.45) is 0 Å². The number of nitrogens with one attached hydrogen (secondary N) is 1. The highest BCUT2D eigenvalue weighted by Gasteiger charge is 2.29. The second kappa shape index (κ2) is 6.41. The molecule has 1 N–H and O–H groups in total. The first-order chi connectivity index (χ1) is 9.50. The lowest BCUT2D eigenvalue weighted by Gasteiger charge is -2.06. The smallest absolute Gasteiger partial charge is 0.312 e. The summed E-state index contributed by atoms with van der Waals surface area (Å²) in [7, 11) is 0. The van der Waals surface area contributed by atoms with E-state index in [2.05, 4.69) is 12.2 Å². The zero-order valence-corrected chi connectivity index (χ0v) is 11.9. The Labute approximate surface area is 120 Å². The lowest BCUT2D eigenvalue weighted by Crippen LogP contribution is -2.12. The molecule has 1 aromatic carbocycles. The van der Waals surface area contributed by atoms with Gasteiger partial charge in [-0.05, 0) is 42.8 Å². The van der Waals surface area contributed by atoms with E-state index in [4.69, 9.17) is 0 Å². The van der Waals surface area contributed by atoms with Crippen molar-refractivity contribution in [1.82, 2.24) is 5.32 Å². The average Bonchev–Trinajstić information content (AvgIpc) is 2.87. The van der Waals surface area contributed by atoms with Gasteiger partial charge in [-0.15, -0.1) is 11.3 Å². The minimum atomic E-state index is -4.27. The van der Waals surface area contributed by atoms with E-state index in [-0.39, 0.29) is 0 Å². The van der Waals surface area contributed by atoms with Gasteiger partial charge in [-0.3, -0.25) is 0 Å². The molecule has 0 fully saturated rings. The first-order valence-electron chi connectivity index (χ1n) is 6.48. The van der Waals surface area contributed by atoms with Gasteiger partial charge in [0, 0.05) is 16.3 Å². The molecule has 108 valence electrons. The normalized spacial score (nSPS) is 11.8. The minimum absolute atomic E-state index is 0.609. The molecule has 1 aromatic heterocycles. The van der Waals surface area contributed by atoms with Crippen LogP contribution in [0.15, 0.2) is 36.4 Å². The molecule has 0 bridgehead atoms. The van der Waals surface area contributed by atoms with Gasteiger partial charge in [0.15, 0.2) is 0 Å². The molecule has 5 heteroatoms. The maximum atomic E-state index is 12.5. The second-order valence-electron chi connectivity index (χ2n) is 4.52. The van der Waals surface area contributed by atoms with Crippen LogP contribution in [0.5, 0.6) is 0 Å². The minimum Gasteiger partial charge on any atom is -0.312 e. The van der Waals surface area contributed by atoms with Crippen LogP contribution < -0.4 is 5.32 Å². The summed E-state index contributed by atoms with van der Waals surface area (Å²) in [6.07, 6.45) is -3.19. The molecule has 2 aromatic rings. The highest BCUT2D eigenvalue weighted by Crippen LogP contribution is 2.33. The predicted octanol–water partition coefficient (Wildman–Crippen LogP) is 4.93. The average molecular weight is 299 g/mol. The maximum Gasteiger partial charge on any atom is 0.416 e. The summed E-state index contributed by atoms with van der Waals surface area (Å²) in [4.78, 5) is 2.18. The van der Waals surface area contributed by atoms with Crippen LogP contribution >= 0.6 is 11.3 Å². The molecule has 1 nitrogen and oxygen atoms in total. The van der Waals surface area contributed by atoms with Gasteiger partial charge in [-0.2, -0.15) is 13.2 Å². The molecule has 0 radical (unpaired) electrons. The van der Waals surface area contributed by atoms with Crippen molar-refractivity contribution in [2.45, 2.75) is 26.1 Å². The van der Waals surface area contributed by atoms with Crippen LogP contribution in [-0.2, 0) is 12.7 Å².